The largest absolute Gasteiger partial charge is 0.355 e. The predicted molar refractivity (Wildman–Crippen MR) is 109 cm³/mol. The number of carbonyl (C=O) groups is 1. The molecule has 3 aromatic rings. The van der Waals surface area contributed by atoms with Gasteiger partial charge in [0.25, 0.3) is 0 Å². The maximum Gasteiger partial charge on any atom is 0.227 e. The molecule has 0 radical (unpaired) electrons. The van der Waals surface area contributed by atoms with Crippen LogP contribution >= 0.6 is 11.6 Å². The molecule has 1 aliphatic heterocycles. The molecule has 0 bridgehead atoms. The lowest BCUT2D eigenvalue weighted by atomic mass is 9.96. The number of aromatic nitrogens is 2. The monoisotopic (exact) mass is 380 g/mol. The molecule has 4 rings (SSSR count). The second-order valence-corrected chi connectivity index (χ2v) is 7.36. The number of benzene rings is 2. The topological polar surface area (TPSA) is 58.1 Å². The summed E-state index contributed by atoms with van der Waals surface area (Å²) >= 11 is 6.23. The van der Waals surface area contributed by atoms with Gasteiger partial charge in [-0.3, -0.25) is 9.78 Å². The summed E-state index contributed by atoms with van der Waals surface area (Å²) in [5.41, 5.74) is 3.53. The third-order valence-electron chi connectivity index (χ3n) is 5.01. The molecule has 0 saturated carbocycles. The zero-order valence-corrected chi connectivity index (χ0v) is 15.9. The van der Waals surface area contributed by atoms with Crippen molar-refractivity contribution in [2.45, 2.75) is 19.8 Å². The highest BCUT2D eigenvalue weighted by Crippen LogP contribution is 2.27. The number of carbonyl (C=O) groups excluding carboxylic acids is 1. The molecule has 1 N–H and O–H groups in total. The van der Waals surface area contributed by atoms with E-state index in [-0.39, 0.29) is 11.8 Å². The third-order valence-corrected chi connectivity index (χ3v) is 5.32. The minimum atomic E-state index is -0.0213. The maximum absolute atomic E-state index is 12.6. The molecule has 0 aliphatic carbocycles. The molecule has 2 aromatic carbocycles. The second-order valence-electron chi connectivity index (χ2n) is 6.95. The molecule has 1 fully saturated rings. The first-order valence-electron chi connectivity index (χ1n) is 9.14. The lowest BCUT2D eigenvalue weighted by Crippen LogP contribution is -2.38. The first-order chi connectivity index (χ1) is 13.1. The third kappa shape index (κ3) is 3.88. The zero-order chi connectivity index (χ0) is 18.8. The molecule has 6 heteroatoms. The number of anilines is 2. The van der Waals surface area contributed by atoms with Crippen LogP contribution in [-0.2, 0) is 4.79 Å². The minimum Gasteiger partial charge on any atom is -0.355 e. The van der Waals surface area contributed by atoms with Crippen LogP contribution in [0.4, 0.5) is 11.5 Å². The van der Waals surface area contributed by atoms with Crippen molar-refractivity contribution in [1.82, 2.24) is 9.97 Å². The Morgan fingerprint density at radius 1 is 1.15 bits per heavy atom. The standard InChI is InChI=1S/C21H21ClN4O/c1-14-6-7-17(16(22)12-14)25-21(27)15-8-10-26(11-9-15)20-13-23-18-4-2-3-5-19(18)24-20/h2-7,12-13,15H,8-11H2,1H3,(H,25,27). The van der Waals surface area contributed by atoms with Crippen LogP contribution in [0.1, 0.15) is 18.4 Å². The number of nitrogens with zero attached hydrogens (tertiary/aromatic N) is 3. The molecule has 1 aliphatic rings. The molecular weight excluding hydrogens is 360 g/mol. The fourth-order valence-corrected chi connectivity index (χ4v) is 3.71. The summed E-state index contributed by atoms with van der Waals surface area (Å²) in [5, 5.41) is 3.54. The van der Waals surface area contributed by atoms with E-state index < -0.39 is 0 Å². The summed E-state index contributed by atoms with van der Waals surface area (Å²) in [6.45, 7) is 3.54. The van der Waals surface area contributed by atoms with Crippen molar-refractivity contribution >= 4 is 40.0 Å². The number of rotatable bonds is 3. The van der Waals surface area contributed by atoms with Crippen molar-refractivity contribution in [3.05, 3.63) is 59.2 Å². The Kier molecular flexibility index (Phi) is 4.94. The number of piperidine rings is 1. The lowest BCUT2D eigenvalue weighted by molar-refractivity contribution is -0.120. The fourth-order valence-electron chi connectivity index (χ4n) is 3.43. The fraction of sp³-hybridized carbons (Fsp3) is 0.286. The molecule has 0 unspecified atom stereocenters. The highest BCUT2D eigenvalue weighted by atomic mass is 35.5. The number of hydrogen-bond donors (Lipinski definition) is 1. The Morgan fingerprint density at radius 3 is 2.63 bits per heavy atom. The van der Waals surface area contributed by atoms with Crippen molar-refractivity contribution in [3.63, 3.8) is 0 Å². The van der Waals surface area contributed by atoms with E-state index in [1.54, 1.807) is 0 Å². The van der Waals surface area contributed by atoms with Crippen molar-refractivity contribution in [3.8, 4) is 0 Å². The van der Waals surface area contributed by atoms with Crippen molar-refractivity contribution in [2.75, 3.05) is 23.3 Å². The van der Waals surface area contributed by atoms with Crippen molar-refractivity contribution < 1.29 is 4.79 Å². The van der Waals surface area contributed by atoms with Crippen LogP contribution in [0.2, 0.25) is 5.02 Å². The van der Waals surface area contributed by atoms with Gasteiger partial charge in [0.05, 0.1) is 27.9 Å². The van der Waals surface area contributed by atoms with Gasteiger partial charge in [-0.25, -0.2) is 4.98 Å². The number of aryl methyl sites for hydroxylation is 1. The Bertz CT molecular complexity index is 983. The molecule has 1 aromatic heterocycles. The van der Waals surface area contributed by atoms with E-state index >= 15 is 0 Å². The molecule has 138 valence electrons. The van der Waals surface area contributed by atoms with E-state index in [1.807, 2.05) is 55.6 Å². The van der Waals surface area contributed by atoms with E-state index in [9.17, 15) is 4.79 Å². The number of fused-ring (bicyclic) bond motifs is 1. The Labute approximate surface area is 163 Å². The summed E-state index contributed by atoms with van der Waals surface area (Å²) in [6, 6.07) is 13.5. The molecule has 5 nitrogen and oxygen atoms in total. The van der Waals surface area contributed by atoms with Crippen LogP contribution in [0, 0.1) is 12.8 Å². The number of amides is 1. The minimum absolute atomic E-state index is 0.0213. The number of nitrogens with one attached hydrogen (secondary N) is 1. The summed E-state index contributed by atoms with van der Waals surface area (Å²) in [6.07, 6.45) is 3.38. The molecular formula is C21H21ClN4O. The number of hydrogen-bond acceptors (Lipinski definition) is 4. The van der Waals surface area contributed by atoms with Gasteiger partial charge in [-0.05, 0) is 49.6 Å². The molecule has 27 heavy (non-hydrogen) atoms. The summed E-state index contributed by atoms with van der Waals surface area (Å²) in [4.78, 5) is 24.0. The lowest BCUT2D eigenvalue weighted by Gasteiger charge is -2.32. The first-order valence-corrected chi connectivity index (χ1v) is 9.52. The Hall–Kier alpha value is -2.66. The van der Waals surface area contributed by atoms with E-state index in [0.717, 1.165) is 48.3 Å². The quantitative estimate of drug-likeness (QED) is 0.729. The molecule has 0 atom stereocenters. The van der Waals surface area contributed by atoms with Crippen molar-refractivity contribution in [1.29, 1.82) is 0 Å². The smallest absolute Gasteiger partial charge is 0.227 e. The van der Waals surface area contributed by atoms with Crippen LogP contribution < -0.4 is 10.2 Å². The van der Waals surface area contributed by atoms with Gasteiger partial charge in [-0.15, -0.1) is 0 Å². The Morgan fingerprint density at radius 2 is 1.89 bits per heavy atom. The van der Waals surface area contributed by atoms with Gasteiger partial charge in [0, 0.05) is 19.0 Å². The van der Waals surface area contributed by atoms with E-state index in [2.05, 4.69) is 15.2 Å². The zero-order valence-electron chi connectivity index (χ0n) is 15.2. The number of halogens is 1. The van der Waals surface area contributed by atoms with Gasteiger partial charge in [0.2, 0.25) is 5.91 Å². The molecule has 1 amide bonds. The van der Waals surface area contributed by atoms with Gasteiger partial charge < -0.3 is 10.2 Å². The van der Waals surface area contributed by atoms with Gasteiger partial charge in [-0.2, -0.15) is 0 Å². The van der Waals surface area contributed by atoms with Gasteiger partial charge in [0.1, 0.15) is 5.82 Å². The van der Waals surface area contributed by atoms with Crippen LogP contribution in [0.3, 0.4) is 0 Å². The van der Waals surface area contributed by atoms with Crippen LogP contribution in [0.15, 0.2) is 48.7 Å². The maximum atomic E-state index is 12.6. The summed E-state index contributed by atoms with van der Waals surface area (Å²) < 4.78 is 0. The average Bonchev–Trinajstić information content (AvgIpc) is 2.70. The van der Waals surface area contributed by atoms with Crippen LogP contribution in [0.25, 0.3) is 11.0 Å². The number of para-hydroxylation sites is 2. The highest BCUT2D eigenvalue weighted by molar-refractivity contribution is 6.33. The van der Waals surface area contributed by atoms with E-state index in [0.29, 0.717) is 10.7 Å². The average molecular weight is 381 g/mol. The van der Waals surface area contributed by atoms with Crippen LogP contribution in [-0.4, -0.2) is 29.0 Å². The van der Waals surface area contributed by atoms with Gasteiger partial charge in [0.15, 0.2) is 0 Å². The predicted octanol–water partition coefficient (Wildman–Crippen LogP) is 4.45. The van der Waals surface area contributed by atoms with Crippen molar-refractivity contribution in [2.24, 2.45) is 5.92 Å². The summed E-state index contributed by atoms with van der Waals surface area (Å²) in [7, 11) is 0. The second kappa shape index (κ2) is 7.53. The molecule has 1 saturated heterocycles. The Balaban J connectivity index is 1.39. The first kappa shape index (κ1) is 17.7. The normalized spacial score (nSPS) is 15.1. The van der Waals surface area contributed by atoms with Gasteiger partial charge >= 0.3 is 0 Å². The highest BCUT2D eigenvalue weighted by Gasteiger charge is 2.26. The van der Waals surface area contributed by atoms with Crippen LogP contribution in [0.5, 0.6) is 0 Å². The van der Waals surface area contributed by atoms with Gasteiger partial charge in [-0.1, -0.05) is 29.8 Å². The molecule has 2 heterocycles. The van der Waals surface area contributed by atoms with E-state index in [1.165, 1.54) is 0 Å². The van der Waals surface area contributed by atoms with E-state index in [4.69, 9.17) is 16.6 Å². The molecule has 0 spiro atoms. The SMILES string of the molecule is Cc1ccc(NC(=O)C2CCN(c3cnc4ccccc4n3)CC2)c(Cl)c1. The summed E-state index contributed by atoms with van der Waals surface area (Å²) in [5.74, 6) is 0.881.